The molecule has 1 fully saturated rings. The number of carbonyl (C=O) groups is 3. The van der Waals surface area contributed by atoms with Crippen LogP contribution >= 0.6 is 11.8 Å². The second-order valence-corrected chi connectivity index (χ2v) is 6.40. The zero-order valence-corrected chi connectivity index (χ0v) is 12.8. The van der Waals surface area contributed by atoms with Crippen LogP contribution < -0.4 is 0 Å². The fourth-order valence-electron chi connectivity index (χ4n) is 2.26. The summed E-state index contributed by atoms with van der Waals surface area (Å²) in [7, 11) is 0. The van der Waals surface area contributed by atoms with E-state index in [4.69, 9.17) is 4.74 Å². The van der Waals surface area contributed by atoms with Crippen molar-refractivity contribution in [2.75, 3.05) is 6.61 Å². The number of cyclic esters (lactones) is 1. The van der Waals surface area contributed by atoms with E-state index in [1.54, 1.807) is 6.92 Å². The van der Waals surface area contributed by atoms with Crippen molar-refractivity contribution in [2.45, 2.75) is 31.6 Å². The highest BCUT2D eigenvalue weighted by Crippen LogP contribution is 2.22. The van der Waals surface area contributed by atoms with Gasteiger partial charge in [0.1, 0.15) is 6.61 Å². The van der Waals surface area contributed by atoms with Gasteiger partial charge in [-0.2, -0.15) is 0 Å². The molecule has 1 aromatic carbocycles. The van der Waals surface area contributed by atoms with Gasteiger partial charge in [0.15, 0.2) is 5.12 Å². The lowest BCUT2D eigenvalue weighted by molar-refractivity contribution is -0.128. The van der Waals surface area contributed by atoms with E-state index in [-0.39, 0.29) is 23.7 Å². The Balaban J connectivity index is 2.09. The molecule has 21 heavy (non-hydrogen) atoms. The van der Waals surface area contributed by atoms with Gasteiger partial charge in [-0.05, 0) is 18.9 Å². The molecule has 2 amide bonds. The third kappa shape index (κ3) is 3.85. The molecular formula is C15H17NO4S. The number of amides is 2. The molecule has 0 saturated carbocycles. The van der Waals surface area contributed by atoms with E-state index in [1.807, 2.05) is 30.3 Å². The van der Waals surface area contributed by atoms with Gasteiger partial charge in [-0.3, -0.25) is 9.59 Å². The van der Waals surface area contributed by atoms with Crippen molar-refractivity contribution in [3.63, 3.8) is 0 Å². The zero-order chi connectivity index (χ0) is 15.4. The van der Waals surface area contributed by atoms with E-state index in [2.05, 4.69) is 0 Å². The van der Waals surface area contributed by atoms with Crippen molar-refractivity contribution >= 4 is 28.9 Å². The average molecular weight is 307 g/mol. The van der Waals surface area contributed by atoms with Crippen molar-refractivity contribution in [3.05, 3.63) is 35.9 Å². The number of hydrogen-bond acceptors (Lipinski definition) is 5. The summed E-state index contributed by atoms with van der Waals surface area (Å²) in [6, 6.07) is 9.30. The molecule has 0 radical (unpaired) electrons. The monoisotopic (exact) mass is 307 g/mol. The molecule has 2 rings (SSSR count). The summed E-state index contributed by atoms with van der Waals surface area (Å²) in [4.78, 5) is 36.4. The van der Waals surface area contributed by atoms with Gasteiger partial charge in [0.05, 0.1) is 11.3 Å². The molecule has 1 unspecified atom stereocenters. The highest BCUT2D eigenvalue weighted by molar-refractivity contribution is 8.14. The molecule has 0 bridgehead atoms. The van der Waals surface area contributed by atoms with Crippen molar-refractivity contribution in [3.8, 4) is 0 Å². The smallest absolute Gasteiger partial charge is 0.417 e. The van der Waals surface area contributed by atoms with Crippen LogP contribution in [0.4, 0.5) is 4.79 Å². The fraction of sp³-hybridized carbons (Fsp3) is 0.400. The van der Waals surface area contributed by atoms with Gasteiger partial charge in [0, 0.05) is 6.92 Å². The van der Waals surface area contributed by atoms with Gasteiger partial charge < -0.3 is 4.74 Å². The maximum Gasteiger partial charge on any atom is 0.417 e. The summed E-state index contributed by atoms with van der Waals surface area (Å²) in [6.07, 6.45) is -0.0765. The van der Waals surface area contributed by atoms with Gasteiger partial charge in [-0.1, -0.05) is 42.1 Å². The minimum absolute atomic E-state index is 0.150. The minimum atomic E-state index is -0.628. The number of ether oxygens (including phenoxy) is 1. The molecule has 5 nitrogen and oxygen atoms in total. The Morgan fingerprint density at radius 3 is 2.67 bits per heavy atom. The molecule has 0 aromatic heterocycles. The van der Waals surface area contributed by atoms with Crippen molar-refractivity contribution in [1.29, 1.82) is 0 Å². The number of imide groups is 1. The number of benzene rings is 1. The van der Waals surface area contributed by atoms with Crippen LogP contribution in [0.2, 0.25) is 0 Å². The largest absolute Gasteiger partial charge is 0.447 e. The Labute approximate surface area is 127 Å². The number of thioether (sulfide) groups is 1. The third-order valence-electron chi connectivity index (χ3n) is 3.20. The van der Waals surface area contributed by atoms with Crippen LogP contribution in [-0.4, -0.2) is 39.9 Å². The Morgan fingerprint density at radius 1 is 1.38 bits per heavy atom. The lowest BCUT2D eigenvalue weighted by atomic mass is 10.1. The van der Waals surface area contributed by atoms with Crippen LogP contribution in [0.1, 0.15) is 19.4 Å². The maximum atomic E-state index is 12.3. The van der Waals surface area contributed by atoms with Crippen LogP contribution in [0, 0.1) is 0 Å². The number of nitrogens with zero attached hydrogens (tertiary/aromatic N) is 1. The molecule has 1 aliphatic rings. The lowest BCUT2D eigenvalue weighted by Gasteiger charge is -2.22. The SMILES string of the molecule is CC(=O)SC(C)C(=O)N1C(=O)OC[C@@H]1Cc1ccccc1. The topological polar surface area (TPSA) is 63.7 Å². The summed E-state index contributed by atoms with van der Waals surface area (Å²) in [5.74, 6) is -0.376. The van der Waals surface area contributed by atoms with E-state index >= 15 is 0 Å². The standard InChI is InChI=1S/C15H17NO4S/c1-10(21-11(2)17)14(18)16-13(9-20-15(16)19)8-12-6-4-3-5-7-12/h3-7,10,13H,8-9H2,1-2H3/t10?,13-/m0/s1. The molecule has 6 heteroatoms. The second kappa shape index (κ2) is 6.76. The second-order valence-electron chi connectivity index (χ2n) is 4.88. The van der Waals surface area contributed by atoms with Crippen LogP contribution in [0.15, 0.2) is 30.3 Å². The molecule has 1 aliphatic heterocycles. The summed E-state index contributed by atoms with van der Waals surface area (Å²) in [5, 5.41) is -0.741. The first kappa shape index (κ1) is 15.6. The summed E-state index contributed by atoms with van der Waals surface area (Å²) in [6.45, 7) is 3.22. The highest BCUT2D eigenvalue weighted by atomic mass is 32.2. The molecule has 112 valence electrons. The van der Waals surface area contributed by atoms with E-state index < -0.39 is 11.3 Å². The minimum Gasteiger partial charge on any atom is -0.447 e. The third-order valence-corrected chi connectivity index (χ3v) is 4.09. The predicted octanol–water partition coefficient (Wildman–Crippen LogP) is 2.24. The number of rotatable bonds is 4. The van der Waals surface area contributed by atoms with Gasteiger partial charge >= 0.3 is 6.09 Å². The van der Waals surface area contributed by atoms with Crippen LogP contribution in [0.3, 0.4) is 0 Å². The fourth-order valence-corrected chi connectivity index (χ4v) is 2.97. The molecule has 1 aromatic rings. The Morgan fingerprint density at radius 2 is 2.05 bits per heavy atom. The Hall–Kier alpha value is -1.82. The number of hydrogen-bond donors (Lipinski definition) is 0. The number of carbonyl (C=O) groups excluding carboxylic acids is 3. The lowest BCUT2D eigenvalue weighted by Crippen LogP contribution is -2.44. The first-order valence-electron chi connectivity index (χ1n) is 6.70. The zero-order valence-electron chi connectivity index (χ0n) is 11.9. The molecule has 1 saturated heterocycles. The van der Waals surface area contributed by atoms with Crippen LogP contribution in [0.5, 0.6) is 0 Å². The van der Waals surface area contributed by atoms with Crippen molar-refractivity contribution in [2.24, 2.45) is 0 Å². The van der Waals surface area contributed by atoms with Crippen molar-refractivity contribution < 1.29 is 19.1 Å². The Bertz CT molecular complexity index is 546. The predicted molar refractivity (Wildman–Crippen MR) is 79.9 cm³/mol. The quantitative estimate of drug-likeness (QED) is 0.853. The van der Waals surface area contributed by atoms with Gasteiger partial charge in [-0.25, -0.2) is 9.69 Å². The molecule has 2 atom stereocenters. The van der Waals surface area contributed by atoms with Crippen LogP contribution in [0.25, 0.3) is 0 Å². The van der Waals surface area contributed by atoms with E-state index in [1.165, 1.54) is 6.92 Å². The average Bonchev–Trinajstić information content (AvgIpc) is 2.79. The van der Waals surface area contributed by atoms with Gasteiger partial charge in [-0.15, -0.1) is 0 Å². The first-order chi connectivity index (χ1) is 9.99. The van der Waals surface area contributed by atoms with E-state index in [0.717, 1.165) is 22.2 Å². The normalized spacial score (nSPS) is 19.2. The molecule has 1 heterocycles. The van der Waals surface area contributed by atoms with Crippen LogP contribution in [-0.2, 0) is 20.7 Å². The Kier molecular flexibility index (Phi) is 5.01. The molecule has 0 aliphatic carbocycles. The van der Waals surface area contributed by atoms with E-state index in [0.29, 0.717) is 6.42 Å². The summed E-state index contributed by atoms with van der Waals surface area (Å²) < 4.78 is 5.00. The first-order valence-corrected chi connectivity index (χ1v) is 7.58. The summed E-state index contributed by atoms with van der Waals surface area (Å²) in [5.41, 5.74) is 1.03. The maximum absolute atomic E-state index is 12.3. The van der Waals surface area contributed by atoms with Gasteiger partial charge in [0.25, 0.3) is 0 Å². The molecule has 0 N–H and O–H groups in total. The molecular weight excluding hydrogens is 290 g/mol. The van der Waals surface area contributed by atoms with E-state index in [9.17, 15) is 14.4 Å². The molecule has 0 spiro atoms. The van der Waals surface area contributed by atoms with Gasteiger partial charge in [0.2, 0.25) is 5.91 Å². The highest BCUT2D eigenvalue weighted by Gasteiger charge is 2.40. The van der Waals surface area contributed by atoms with Crippen molar-refractivity contribution in [1.82, 2.24) is 4.90 Å². The summed E-state index contributed by atoms with van der Waals surface area (Å²) >= 11 is 0.922.